The number of nitrogens with zero attached hydrogens (tertiary/aromatic N) is 1. The van der Waals surface area contributed by atoms with Gasteiger partial charge in [0.15, 0.2) is 0 Å². The van der Waals surface area contributed by atoms with Crippen LogP contribution in [0.1, 0.15) is 63.5 Å². The SMILES string of the molecule is CC[C@H](NC1CCN([C@@H]2CCCC[C@@H]2O)CC1)c1ccccc1O. The van der Waals surface area contributed by atoms with Gasteiger partial charge in [-0.2, -0.15) is 0 Å². The van der Waals surface area contributed by atoms with Gasteiger partial charge in [-0.25, -0.2) is 0 Å². The van der Waals surface area contributed by atoms with Gasteiger partial charge in [0.1, 0.15) is 5.75 Å². The van der Waals surface area contributed by atoms with Crippen molar-refractivity contribution in [2.45, 2.75) is 76.1 Å². The second-order valence-corrected chi connectivity index (χ2v) is 7.42. The van der Waals surface area contributed by atoms with E-state index in [-0.39, 0.29) is 12.1 Å². The highest BCUT2D eigenvalue weighted by Crippen LogP contribution is 2.29. The molecule has 0 aromatic heterocycles. The van der Waals surface area contributed by atoms with Crippen LogP contribution < -0.4 is 5.32 Å². The molecule has 1 heterocycles. The molecule has 0 spiro atoms. The van der Waals surface area contributed by atoms with E-state index >= 15 is 0 Å². The molecule has 0 bridgehead atoms. The topological polar surface area (TPSA) is 55.7 Å². The highest BCUT2D eigenvalue weighted by Gasteiger charge is 2.32. The fourth-order valence-corrected chi connectivity index (χ4v) is 4.41. The Morgan fingerprint density at radius 2 is 1.83 bits per heavy atom. The van der Waals surface area contributed by atoms with Crippen molar-refractivity contribution in [2.24, 2.45) is 0 Å². The van der Waals surface area contributed by atoms with Crippen molar-refractivity contribution >= 4 is 0 Å². The molecule has 134 valence electrons. The molecule has 1 aliphatic heterocycles. The zero-order valence-electron chi connectivity index (χ0n) is 14.8. The van der Waals surface area contributed by atoms with Crippen molar-refractivity contribution in [1.29, 1.82) is 0 Å². The van der Waals surface area contributed by atoms with Crippen molar-refractivity contribution in [1.82, 2.24) is 10.2 Å². The number of benzene rings is 1. The molecule has 2 aliphatic rings. The summed E-state index contributed by atoms with van der Waals surface area (Å²) in [5, 5.41) is 24.1. The highest BCUT2D eigenvalue weighted by atomic mass is 16.3. The molecule has 0 radical (unpaired) electrons. The van der Waals surface area contributed by atoms with E-state index in [1.54, 1.807) is 6.07 Å². The summed E-state index contributed by atoms with van der Waals surface area (Å²) in [6.07, 6.45) is 7.62. The first-order valence-electron chi connectivity index (χ1n) is 9.65. The van der Waals surface area contributed by atoms with Crippen molar-refractivity contribution in [3.63, 3.8) is 0 Å². The zero-order valence-corrected chi connectivity index (χ0v) is 14.8. The van der Waals surface area contributed by atoms with Crippen LogP contribution in [0.2, 0.25) is 0 Å². The Balaban J connectivity index is 1.53. The smallest absolute Gasteiger partial charge is 0.120 e. The molecule has 4 nitrogen and oxygen atoms in total. The number of nitrogens with one attached hydrogen (secondary N) is 1. The zero-order chi connectivity index (χ0) is 16.9. The number of hydrogen-bond donors (Lipinski definition) is 3. The van der Waals surface area contributed by atoms with Crippen LogP contribution in [-0.2, 0) is 0 Å². The van der Waals surface area contributed by atoms with Crippen molar-refractivity contribution in [2.75, 3.05) is 13.1 Å². The van der Waals surface area contributed by atoms with Gasteiger partial charge in [-0.05, 0) is 38.2 Å². The molecule has 1 saturated carbocycles. The Kier molecular flexibility index (Phi) is 6.14. The van der Waals surface area contributed by atoms with Crippen LogP contribution in [0.4, 0.5) is 0 Å². The summed E-state index contributed by atoms with van der Waals surface area (Å²) in [6, 6.07) is 8.73. The number of rotatable bonds is 5. The lowest BCUT2D eigenvalue weighted by Gasteiger charge is -2.42. The van der Waals surface area contributed by atoms with Crippen molar-refractivity contribution in [3.8, 4) is 5.75 Å². The standard InChI is InChI=1S/C20H32N2O2/c1-2-17(16-7-3-5-9-19(16)23)21-15-11-13-22(14-12-15)18-8-4-6-10-20(18)24/h3,5,7,9,15,17-18,20-21,23-24H,2,4,6,8,10-14H2,1H3/t17-,18+,20-/m0/s1. The Labute approximate surface area is 145 Å². The van der Waals surface area contributed by atoms with Gasteiger partial charge in [0, 0.05) is 36.8 Å². The summed E-state index contributed by atoms with van der Waals surface area (Å²) >= 11 is 0. The summed E-state index contributed by atoms with van der Waals surface area (Å²) in [5.74, 6) is 0.389. The second-order valence-electron chi connectivity index (χ2n) is 7.42. The largest absolute Gasteiger partial charge is 0.508 e. The van der Waals surface area contributed by atoms with Gasteiger partial charge in [-0.1, -0.05) is 38.0 Å². The molecule has 2 fully saturated rings. The summed E-state index contributed by atoms with van der Waals surface area (Å²) in [7, 11) is 0. The number of aliphatic hydroxyl groups is 1. The molecular weight excluding hydrogens is 300 g/mol. The fourth-order valence-electron chi connectivity index (χ4n) is 4.41. The average Bonchev–Trinajstić information content (AvgIpc) is 2.61. The van der Waals surface area contributed by atoms with E-state index in [0.717, 1.165) is 50.8 Å². The van der Waals surface area contributed by atoms with E-state index in [4.69, 9.17) is 0 Å². The maximum atomic E-state index is 10.3. The van der Waals surface area contributed by atoms with Gasteiger partial charge in [-0.3, -0.25) is 4.90 Å². The second kappa shape index (κ2) is 8.32. The Bertz CT molecular complexity index is 514. The minimum Gasteiger partial charge on any atom is -0.508 e. The number of phenols is 1. The van der Waals surface area contributed by atoms with Gasteiger partial charge in [0.2, 0.25) is 0 Å². The average molecular weight is 332 g/mol. The molecular formula is C20H32N2O2. The lowest BCUT2D eigenvalue weighted by atomic mass is 9.89. The van der Waals surface area contributed by atoms with Gasteiger partial charge in [0.05, 0.1) is 6.10 Å². The van der Waals surface area contributed by atoms with Crippen LogP contribution in [0.5, 0.6) is 5.75 Å². The monoisotopic (exact) mass is 332 g/mol. The third-order valence-corrected chi connectivity index (χ3v) is 5.85. The Hall–Kier alpha value is -1.10. The van der Waals surface area contributed by atoms with E-state index in [9.17, 15) is 10.2 Å². The number of aromatic hydroxyl groups is 1. The Morgan fingerprint density at radius 3 is 2.50 bits per heavy atom. The van der Waals surface area contributed by atoms with Gasteiger partial charge < -0.3 is 15.5 Å². The number of piperidine rings is 1. The molecule has 0 amide bonds. The van der Waals surface area contributed by atoms with E-state index < -0.39 is 0 Å². The molecule has 0 unspecified atom stereocenters. The number of aliphatic hydroxyl groups excluding tert-OH is 1. The van der Waals surface area contributed by atoms with Crippen LogP contribution in [-0.4, -0.2) is 46.4 Å². The quantitative estimate of drug-likeness (QED) is 0.775. The third kappa shape index (κ3) is 4.11. The minimum absolute atomic E-state index is 0.132. The number of likely N-dealkylation sites (tertiary alicyclic amines) is 1. The van der Waals surface area contributed by atoms with Gasteiger partial charge >= 0.3 is 0 Å². The van der Waals surface area contributed by atoms with E-state index in [1.165, 1.54) is 12.8 Å². The molecule has 3 N–H and O–H groups in total. The Morgan fingerprint density at radius 1 is 1.12 bits per heavy atom. The van der Waals surface area contributed by atoms with Crippen LogP contribution in [0.25, 0.3) is 0 Å². The summed E-state index contributed by atoms with van der Waals surface area (Å²) < 4.78 is 0. The van der Waals surface area contributed by atoms with E-state index in [2.05, 4.69) is 17.1 Å². The van der Waals surface area contributed by atoms with Crippen LogP contribution in [0, 0.1) is 0 Å². The van der Waals surface area contributed by atoms with Gasteiger partial charge in [-0.15, -0.1) is 0 Å². The molecule has 1 aromatic rings. The number of hydrogen-bond acceptors (Lipinski definition) is 4. The van der Waals surface area contributed by atoms with Crippen LogP contribution in [0.3, 0.4) is 0 Å². The van der Waals surface area contributed by atoms with Crippen molar-refractivity contribution in [3.05, 3.63) is 29.8 Å². The molecule has 4 heteroatoms. The molecule has 1 aliphatic carbocycles. The minimum atomic E-state index is -0.132. The van der Waals surface area contributed by atoms with Crippen molar-refractivity contribution < 1.29 is 10.2 Å². The molecule has 24 heavy (non-hydrogen) atoms. The first-order valence-corrected chi connectivity index (χ1v) is 9.65. The maximum Gasteiger partial charge on any atom is 0.120 e. The van der Waals surface area contributed by atoms with E-state index in [0.29, 0.717) is 17.8 Å². The molecule has 3 atom stereocenters. The molecule has 3 rings (SSSR count). The number of para-hydroxylation sites is 1. The molecule has 1 saturated heterocycles. The molecule has 1 aromatic carbocycles. The van der Waals surface area contributed by atoms with Crippen LogP contribution in [0.15, 0.2) is 24.3 Å². The van der Waals surface area contributed by atoms with Crippen LogP contribution >= 0.6 is 0 Å². The summed E-state index contributed by atoms with van der Waals surface area (Å²) in [5.41, 5.74) is 1.00. The lowest BCUT2D eigenvalue weighted by molar-refractivity contribution is 0.00655. The normalized spacial score (nSPS) is 27.9. The number of phenolic OH excluding ortho intramolecular Hbond substituents is 1. The first kappa shape index (κ1) is 17.7. The predicted molar refractivity (Wildman–Crippen MR) is 97.1 cm³/mol. The lowest BCUT2D eigenvalue weighted by Crippen LogP contribution is -2.51. The summed E-state index contributed by atoms with van der Waals surface area (Å²) in [6.45, 7) is 4.30. The van der Waals surface area contributed by atoms with E-state index in [1.807, 2.05) is 18.2 Å². The fraction of sp³-hybridized carbons (Fsp3) is 0.700. The van der Waals surface area contributed by atoms with Gasteiger partial charge in [0.25, 0.3) is 0 Å². The first-order chi connectivity index (χ1) is 11.7. The highest BCUT2D eigenvalue weighted by molar-refractivity contribution is 5.34. The maximum absolute atomic E-state index is 10.3. The summed E-state index contributed by atoms with van der Waals surface area (Å²) in [4.78, 5) is 2.50. The third-order valence-electron chi connectivity index (χ3n) is 5.85. The predicted octanol–water partition coefficient (Wildman–Crippen LogP) is 3.20.